The minimum absolute atomic E-state index is 0.106. The number of piperazine rings is 1. The van der Waals surface area contributed by atoms with Gasteiger partial charge in [-0.05, 0) is 18.2 Å². The quantitative estimate of drug-likeness (QED) is 0.829. The van der Waals surface area contributed by atoms with Gasteiger partial charge >= 0.3 is 0 Å². The number of carbonyl (C=O) groups is 1. The molecule has 0 aromatic heterocycles. The molecule has 1 aliphatic heterocycles. The number of aliphatic hydroxyl groups is 1. The molecule has 6 nitrogen and oxygen atoms in total. The summed E-state index contributed by atoms with van der Waals surface area (Å²) in [6.07, 6.45) is 3.10. The fraction of sp³-hybridized carbons (Fsp3) is 0.353. The average Bonchev–Trinajstić information content (AvgIpc) is 2.61. The first-order chi connectivity index (χ1) is 11.6. The van der Waals surface area contributed by atoms with E-state index >= 15 is 0 Å². The zero-order valence-electron chi connectivity index (χ0n) is 13.0. The number of amides is 1. The molecule has 0 radical (unpaired) electrons. The highest BCUT2D eigenvalue weighted by molar-refractivity contribution is 5.95. The fourth-order valence-corrected chi connectivity index (χ4v) is 2.68. The van der Waals surface area contributed by atoms with Gasteiger partial charge in [0.05, 0.1) is 35.9 Å². The van der Waals surface area contributed by atoms with Crippen molar-refractivity contribution in [1.29, 1.82) is 10.5 Å². The maximum Gasteiger partial charge on any atom is 0.257 e. The Morgan fingerprint density at radius 1 is 1.42 bits per heavy atom. The minimum Gasteiger partial charge on any atom is -0.394 e. The van der Waals surface area contributed by atoms with Crippen molar-refractivity contribution in [2.45, 2.75) is 6.04 Å². The Morgan fingerprint density at radius 2 is 2.21 bits per heavy atom. The molecule has 1 aliphatic rings. The van der Waals surface area contributed by atoms with Crippen LogP contribution >= 0.6 is 0 Å². The summed E-state index contributed by atoms with van der Waals surface area (Å²) in [7, 11) is 0. The van der Waals surface area contributed by atoms with Crippen LogP contribution in [0.2, 0.25) is 0 Å². The lowest BCUT2D eigenvalue weighted by Gasteiger charge is -2.40. The van der Waals surface area contributed by atoms with Crippen molar-refractivity contribution < 1.29 is 14.3 Å². The molecular weight excluding hydrogens is 311 g/mol. The van der Waals surface area contributed by atoms with Crippen molar-refractivity contribution in [2.24, 2.45) is 0 Å². The summed E-state index contributed by atoms with van der Waals surface area (Å²) in [6.45, 7) is 1.68. The summed E-state index contributed by atoms with van der Waals surface area (Å²) in [5, 5.41) is 26.8. The number of allylic oxidation sites excluding steroid dienone is 1. The van der Waals surface area contributed by atoms with E-state index in [0.29, 0.717) is 26.2 Å². The number of nitrogens with zero attached hydrogens (tertiary/aromatic N) is 4. The number of halogens is 1. The summed E-state index contributed by atoms with van der Waals surface area (Å²) in [4.78, 5) is 16.0. The lowest BCUT2D eigenvalue weighted by Crippen LogP contribution is -2.56. The SMILES string of the molecule is N#C/C=C\CN1CCN(C(=O)c2ccc(C#N)cc2F)C(CO)C1. The number of carbonyl (C=O) groups excluding carboxylic acids is 1. The Kier molecular flexibility index (Phi) is 6.02. The van der Waals surface area contributed by atoms with E-state index < -0.39 is 17.8 Å². The van der Waals surface area contributed by atoms with Gasteiger partial charge in [-0.25, -0.2) is 4.39 Å². The number of hydrogen-bond donors (Lipinski definition) is 1. The van der Waals surface area contributed by atoms with Gasteiger partial charge in [0.2, 0.25) is 0 Å². The van der Waals surface area contributed by atoms with Gasteiger partial charge in [0, 0.05) is 32.3 Å². The van der Waals surface area contributed by atoms with E-state index in [9.17, 15) is 14.3 Å². The first-order valence-corrected chi connectivity index (χ1v) is 7.49. The lowest BCUT2D eigenvalue weighted by molar-refractivity contribution is 0.0322. The van der Waals surface area contributed by atoms with Gasteiger partial charge in [0.15, 0.2) is 0 Å². The van der Waals surface area contributed by atoms with Crippen molar-refractivity contribution in [3.8, 4) is 12.1 Å². The van der Waals surface area contributed by atoms with E-state index in [2.05, 4.69) is 0 Å². The molecule has 0 aliphatic carbocycles. The van der Waals surface area contributed by atoms with Crippen molar-refractivity contribution in [2.75, 3.05) is 32.8 Å². The number of aliphatic hydroxyl groups excluding tert-OH is 1. The molecule has 0 bridgehead atoms. The van der Waals surface area contributed by atoms with E-state index in [1.807, 2.05) is 17.0 Å². The molecule has 1 aromatic carbocycles. The smallest absolute Gasteiger partial charge is 0.257 e. The first-order valence-electron chi connectivity index (χ1n) is 7.49. The fourth-order valence-electron chi connectivity index (χ4n) is 2.68. The highest BCUT2D eigenvalue weighted by Gasteiger charge is 2.31. The number of benzene rings is 1. The summed E-state index contributed by atoms with van der Waals surface area (Å²) in [5.74, 6) is -1.24. The Balaban J connectivity index is 2.11. The summed E-state index contributed by atoms with van der Waals surface area (Å²) < 4.78 is 14.0. The molecule has 1 atom stereocenters. The van der Waals surface area contributed by atoms with Gasteiger partial charge in [-0.1, -0.05) is 6.08 Å². The average molecular weight is 328 g/mol. The van der Waals surface area contributed by atoms with Gasteiger partial charge in [-0.2, -0.15) is 10.5 Å². The van der Waals surface area contributed by atoms with Gasteiger partial charge in [-0.15, -0.1) is 0 Å². The maximum absolute atomic E-state index is 14.0. The Labute approximate surface area is 139 Å². The first kappa shape index (κ1) is 17.6. The second-order valence-corrected chi connectivity index (χ2v) is 5.43. The lowest BCUT2D eigenvalue weighted by atomic mass is 10.1. The van der Waals surface area contributed by atoms with Crippen LogP contribution in [0, 0.1) is 28.5 Å². The standard InChI is InChI=1S/C17H17FN4O2/c18-16-9-13(10-20)3-4-15(16)17(24)22-8-7-21(6-2-1-5-19)11-14(22)12-23/h1-4,9,14,23H,6-8,11-12H2/b2-1-. The van der Waals surface area contributed by atoms with Crippen LogP contribution in [0.25, 0.3) is 0 Å². The molecule has 7 heteroatoms. The molecule has 1 fully saturated rings. The molecule has 2 rings (SSSR count). The Hall–Kier alpha value is -2.74. The third kappa shape index (κ3) is 3.96. The molecule has 1 saturated heterocycles. The van der Waals surface area contributed by atoms with E-state index in [4.69, 9.17) is 10.5 Å². The van der Waals surface area contributed by atoms with Crippen molar-refractivity contribution in [1.82, 2.24) is 9.80 Å². The van der Waals surface area contributed by atoms with Gasteiger partial charge in [-0.3, -0.25) is 9.69 Å². The molecule has 24 heavy (non-hydrogen) atoms. The van der Waals surface area contributed by atoms with E-state index in [-0.39, 0.29) is 17.7 Å². The molecule has 1 aromatic rings. The van der Waals surface area contributed by atoms with Gasteiger partial charge in [0.25, 0.3) is 5.91 Å². The van der Waals surface area contributed by atoms with E-state index in [0.717, 1.165) is 6.07 Å². The normalized spacial score (nSPS) is 18.3. The maximum atomic E-state index is 14.0. The Bertz CT molecular complexity index is 720. The molecule has 1 N–H and O–H groups in total. The third-order valence-electron chi connectivity index (χ3n) is 3.92. The minimum atomic E-state index is -0.741. The summed E-state index contributed by atoms with van der Waals surface area (Å²) in [6, 6.07) is 7.01. The Morgan fingerprint density at radius 3 is 2.83 bits per heavy atom. The largest absolute Gasteiger partial charge is 0.394 e. The van der Waals surface area contributed by atoms with Crippen LogP contribution in [0.3, 0.4) is 0 Å². The van der Waals surface area contributed by atoms with Crippen LogP contribution in [0.4, 0.5) is 4.39 Å². The summed E-state index contributed by atoms with van der Waals surface area (Å²) >= 11 is 0. The van der Waals surface area contributed by atoms with Gasteiger partial charge < -0.3 is 10.0 Å². The van der Waals surface area contributed by atoms with Crippen LogP contribution in [0.1, 0.15) is 15.9 Å². The molecule has 1 heterocycles. The molecule has 1 unspecified atom stereocenters. The van der Waals surface area contributed by atoms with Crippen LogP contribution < -0.4 is 0 Å². The predicted molar refractivity (Wildman–Crippen MR) is 84.2 cm³/mol. The topological polar surface area (TPSA) is 91.4 Å². The number of nitriles is 2. The summed E-state index contributed by atoms with van der Waals surface area (Å²) in [5.41, 5.74) is 0.0436. The van der Waals surface area contributed by atoms with Crippen LogP contribution in [0.5, 0.6) is 0 Å². The van der Waals surface area contributed by atoms with E-state index in [1.165, 1.54) is 23.1 Å². The molecular formula is C17H17FN4O2. The monoisotopic (exact) mass is 328 g/mol. The number of rotatable bonds is 4. The molecule has 0 spiro atoms. The molecule has 124 valence electrons. The van der Waals surface area contributed by atoms with Crippen LogP contribution in [0.15, 0.2) is 30.4 Å². The van der Waals surface area contributed by atoms with Crippen molar-refractivity contribution in [3.05, 3.63) is 47.3 Å². The third-order valence-corrected chi connectivity index (χ3v) is 3.92. The highest BCUT2D eigenvalue weighted by atomic mass is 19.1. The second-order valence-electron chi connectivity index (χ2n) is 5.43. The van der Waals surface area contributed by atoms with Crippen LogP contribution in [-0.4, -0.2) is 59.6 Å². The molecule has 0 saturated carbocycles. The number of hydrogen-bond acceptors (Lipinski definition) is 5. The zero-order chi connectivity index (χ0) is 17.5. The van der Waals surface area contributed by atoms with Crippen molar-refractivity contribution >= 4 is 5.91 Å². The van der Waals surface area contributed by atoms with Gasteiger partial charge in [0.1, 0.15) is 5.82 Å². The van der Waals surface area contributed by atoms with E-state index in [1.54, 1.807) is 6.08 Å². The molecule has 1 amide bonds. The predicted octanol–water partition coefficient (Wildman–Crippen LogP) is 0.896. The second kappa shape index (κ2) is 8.21. The van der Waals surface area contributed by atoms with Crippen LogP contribution in [-0.2, 0) is 0 Å². The van der Waals surface area contributed by atoms with Crippen molar-refractivity contribution in [3.63, 3.8) is 0 Å². The highest BCUT2D eigenvalue weighted by Crippen LogP contribution is 2.17. The zero-order valence-corrected chi connectivity index (χ0v) is 13.0.